The molecular formula is C12H14NO8P-2. The molecule has 1 aliphatic heterocycles. The van der Waals surface area contributed by atoms with Gasteiger partial charge in [-0.25, -0.2) is 0 Å². The number of hydrogen-bond donors (Lipinski definition) is 2. The third-order valence-electron chi connectivity index (χ3n) is 3.38. The molecule has 1 saturated heterocycles. The molecule has 0 aromatic carbocycles. The molecular weight excluding hydrogens is 317 g/mol. The highest BCUT2D eigenvalue weighted by Gasteiger charge is 2.47. The number of rotatable bonds is 5. The van der Waals surface area contributed by atoms with Crippen LogP contribution in [-0.4, -0.2) is 40.7 Å². The normalized spacial score (nSPS) is 28.7. The van der Waals surface area contributed by atoms with Crippen LogP contribution in [0.1, 0.15) is 23.0 Å². The molecule has 0 bridgehead atoms. The lowest BCUT2D eigenvalue weighted by molar-refractivity contribution is -0.765. The average molecular weight is 331 g/mol. The molecule has 4 atom stereocenters. The topological polar surface area (TPSA) is 157 Å². The Kier molecular flexibility index (Phi) is 4.96. The fourth-order valence-electron chi connectivity index (χ4n) is 2.27. The second-order valence-corrected chi connectivity index (χ2v) is 6.67. The summed E-state index contributed by atoms with van der Waals surface area (Å²) in [5.41, 5.74) is -0.153. The summed E-state index contributed by atoms with van der Waals surface area (Å²) in [5.74, 6) is -1.42. The number of carbonyl (C=O) groups excluding carboxylic acids is 1. The zero-order valence-electron chi connectivity index (χ0n) is 11.3. The van der Waals surface area contributed by atoms with Crippen molar-refractivity contribution < 1.29 is 43.8 Å². The van der Waals surface area contributed by atoms with Gasteiger partial charge in [0.1, 0.15) is 6.10 Å². The Morgan fingerprint density at radius 2 is 2.05 bits per heavy atom. The minimum atomic E-state index is -4.74. The number of nitrogens with zero attached hydrogens (tertiary/aromatic N) is 1. The maximum atomic E-state index is 10.8. The first-order valence-electron chi connectivity index (χ1n) is 6.44. The van der Waals surface area contributed by atoms with Gasteiger partial charge in [0.2, 0.25) is 0 Å². The molecule has 9 nitrogen and oxygen atoms in total. The van der Waals surface area contributed by atoms with Crippen molar-refractivity contribution >= 4 is 13.6 Å². The van der Waals surface area contributed by atoms with Crippen LogP contribution in [0.3, 0.4) is 0 Å². The van der Waals surface area contributed by atoms with Crippen LogP contribution in [0.2, 0.25) is 0 Å². The van der Waals surface area contributed by atoms with Crippen molar-refractivity contribution in [2.24, 2.45) is 0 Å². The molecule has 122 valence electrons. The number of carboxylic acids is 1. The third-order valence-corrected chi connectivity index (χ3v) is 4.18. The minimum Gasteiger partial charge on any atom is -0.811 e. The molecule has 22 heavy (non-hydrogen) atoms. The summed E-state index contributed by atoms with van der Waals surface area (Å²) in [5, 5.41) is 30.6. The first-order valence-corrected chi connectivity index (χ1v) is 8.16. The predicted octanol–water partition coefficient (Wildman–Crippen LogP) is -3.74. The summed E-state index contributed by atoms with van der Waals surface area (Å²) < 4.78 is 17.2. The van der Waals surface area contributed by atoms with Gasteiger partial charge in [-0.2, -0.15) is 4.57 Å². The molecule has 0 unspecified atom stereocenters. The molecule has 0 saturated carbocycles. The lowest BCUT2D eigenvalue weighted by Crippen LogP contribution is -2.46. The zero-order valence-corrected chi connectivity index (χ0v) is 12.2. The highest BCUT2D eigenvalue weighted by atomic mass is 31.2. The van der Waals surface area contributed by atoms with Gasteiger partial charge in [0.05, 0.1) is 17.6 Å². The molecule has 1 aliphatic rings. The van der Waals surface area contributed by atoms with Crippen LogP contribution in [0.5, 0.6) is 0 Å². The van der Waals surface area contributed by atoms with Gasteiger partial charge in [-0.1, -0.05) is 7.60 Å². The van der Waals surface area contributed by atoms with Crippen molar-refractivity contribution in [3.63, 3.8) is 0 Å². The summed E-state index contributed by atoms with van der Waals surface area (Å²) >= 11 is 0. The van der Waals surface area contributed by atoms with Gasteiger partial charge < -0.3 is 39.2 Å². The number of aliphatic hydroxyl groups is 2. The van der Waals surface area contributed by atoms with Crippen LogP contribution in [-0.2, 0) is 9.30 Å². The van der Waals surface area contributed by atoms with E-state index in [1.165, 1.54) is 22.9 Å². The number of aromatic carboxylic acids is 1. The fraction of sp³-hybridized carbons (Fsp3) is 0.500. The van der Waals surface area contributed by atoms with Crippen LogP contribution in [0, 0.1) is 0 Å². The highest BCUT2D eigenvalue weighted by molar-refractivity contribution is 7.48. The quantitative estimate of drug-likeness (QED) is 0.411. The SMILES string of the molecule is O=C([O-])c1ccc[n+]([C@@H]2O[C@H](CCP(=O)([O-])[O-])[C@@H](O)[C@H]2O)c1. The smallest absolute Gasteiger partial charge is 0.291 e. The molecule has 1 fully saturated rings. The van der Waals surface area contributed by atoms with Crippen molar-refractivity contribution in [3.05, 3.63) is 30.1 Å². The lowest BCUT2D eigenvalue weighted by Gasteiger charge is -2.30. The maximum Gasteiger partial charge on any atom is 0.291 e. The predicted molar refractivity (Wildman–Crippen MR) is 64.0 cm³/mol. The molecule has 2 heterocycles. The molecule has 1 aromatic heterocycles. The van der Waals surface area contributed by atoms with Gasteiger partial charge in [0.15, 0.2) is 18.5 Å². The number of ether oxygens (including phenoxy) is 1. The molecule has 1 aromatic rings. The summed E-state index contributed by atoms with van der Waals surface area (Å²) in [7, 11) is -4.74. The van der Waals surface area contributed by atoms with Gasteiger partial charge in [-0.05, 0) is 18.6 Å². The lowest BCUT2D eigenvalue weighted by atomic mass is 10.1. The number of aliphatic hydroxyl groups excluding tert-OH is 2. The Bertz CT molecular complexity index is 603. The Hall–Kier alpha value is -1.35. The van der Waals surface area contributed by atoms with E-state index in [0.717, 1.165) is 6.20 Å². The van der Waals surface area contributed by atoms with Gasteiger partial charge >= 0.3 is 0 Å². The van der Waals surface area contributed by atoms with Crippen LogP contribution in [0.25, 0.3) is 0 Å². The average Bonchev–Trinajstić information content (AvgIpc) is 2.72. The van der Waals surface area contributed by atoms with Gasteiger partial charge in [0, 0.05) is 6.07 Å². The van der Waals surface area contributed by atoms with Crippen LogP contribution >= 0.6 is 7.60 Å². The number of carbonyl (C=O) groups is 1. The second-order valence-electron chi connectivity index (χ2n) is 5.00. The molecule has 0 spiro atoms. The molecule has 0 radical (unpaired) electrons. The van der Waals surface area contributed by atoms with Crippen molar-refractivity contribution in [1.82, 2.24) is 0 Å². The van der Waals surface area contributed by atoms with Crippen molar-refractivity contribution in [1.29, 1.82) is 0 Å². The van der Waals surface area contributed by atoms with E-state index in [-0.39, 0.29) is 12.0 Å². The number of carboxylic acid groups (broad SMARTS) is 1. The van der Waals surface area contributed by atoms with Gasteiger partial charge in [0.25, 0.3) is 6.23 Å². The van der Waals surface area contributed by atoms with E-state index < -0.39 is 44.3 Å². The summed E-state index contributed by atoms with van der Waals surface area (Å²) in [6, 6.07) is 2.68. The highest BCUT2D eigenvalue weighted by Crippen LogP contribution is 2.32. The maximum absolute atomic E-state index is 10.8. The van der Waals surface area contributed by atoms with E-state index in [1.807, 2.05) is 0 Å². The first-order chi connectivity index (χ1) is 10.2. The summed E-state index contributed by atoms with van der Waals surface area (Å²) in [6.07, 6.45) is -3.34. The zero-order chi connectivity index (χ0) is 16.5. The second kappa shape index (κ2) is 6.41. The van der Waals surface area contributed by atoms with E-state index in [4.69, 9.17) is 4.74 Å². The third kappa shape index (κ3) is 3.89. The standard InChI is InChI=1S/C12H16NO8P/c14-9-8(3-5-22(18,19)20)21-11(10(9)15)13-4-1-2-7(6-13)12(16)17/h1-2,4,6,8-11,14-15H,3,5H2,(H2-,16,17,18,19,20)/p-2/t8-,9-,10-,11-/m1/s1. The Balaban J connectivity index is 2.14. The van der Waals surface area contributed by atoms with Crippen LogP contribution in [0.4, 0.5) is 0 Å². The van der Waals surface area contributed by atoms with Gasteiger partial charge in [-0.3, -0.25) is 0 Å². The van der Waals surface area contributed by atoms with Crippen LogP contribution in [0.15, 0.2) is 24.5 Å². The molecule has 2 rings (SSSR count). The van der Waals surface area contributed by atoms with Crippen molar-refractivity contribution in [2.75, 3.05) is 6.16 Å². The molecule has 2 N–H and O–H groups in total. The van der Waals surface area contributed by atoms with E-state index in [1.54, 1.807) is 0 Å². The Labute approximate surface area is 125 Å². The van der Waals surface area contributed by atoms with Crippen molar-refractivity contribution in [3.8, 4) is 0 Å². The Morgan fingerprint density at radius 1 is 1.36 bits per heavy atom. The molecule has 10 heteroatoms. The minimum absolute atomic E-state index is 0.153. The van der Waals surface area contributed by atoms with Crippen molar-refractivity contribution in [2.45, 2.75) is 31.0 Å². The number of pyridine rings is 1. The summed E-state index contributed by atoms with van der Waals surface area (Å²) in [4.78, 5) is 32.1. The monoisotopic (exact) mass is 331 g/mol. The van der Waals surface area contributed by atoms with E-state index in [0.29, 0.717) is 0 Å². The number of aromatic nitrogens is 1. The molecule has 0 aliphatic carbocycles. The summed E-state index contributed by atoms with van der Waals surface area (Å²) in [6.45, 7) is 0. The van der Waals surface area contributed by atoms with E-state index in [2.05, 4.69) is 0 Å². The van der Waals surface area contributed by atoms with Gasteiger partial charge in [-0.15, -0.1) is 0 Å². The van der Waals surface area contributed by atoms with Crippen LogP contribution < -0.4 is 19.5 Å². The first kappa shape index (κ1) is 17.0. The molecule has 0 amide bonds. The van der Waals surface area contributed by atoms with E-state index in [9.17, 15) is 34.5 Å². The number of hydrogen-bond acceptors (Lipinski definition) is 8. The van der Waals surface area contributed by atoms with E-state index >= 15 is 0 Å². The fourth-order valence-corrected chi connectivity index (χ4v) is 2.84. The largest absolute Gasteiger partial charge is 0.811 e. The Morgan fingerprint density at radius 3 is 2.64 bits per heavy atom.